The normalized spacial score (nSPS) is 12.8. The summed E-state index contributed by atoms with van der Waals surface area (Å²) in [6.07, 6.45) is 0. The van der Waals surface area contributed by atoms with Gasteiger partial charge in [-0.05, 0) is 35.7 Å². The number of hydrogen-bond donors (Lipinski definition) is 2. The van der Waals surface area contributed by atoms with Gasteiger partial charge in [-0.15, -0.1) is 0 Å². The Morgan fingerprint density at radius 2 is 1.68 bits per heavy atom. The standard InChI is InChI=1S/C18H21NO5S/c1-13(2)12-24-15-8-10-16(11-9-15)25(22,23)19-17(18(20)21)14-6-4-3-5-7-14/h3-11,13,17,19H,12H2,1-2H3,(H,20,21)/t17-/m1/s1. The van der Waals surface area contributed by atoms with Crippen molar-refractivity contribution < 1.29 is 23.1 Å². The van der Waals surface area contributed by atoms with E-state index in [1.54, 1.807) is 42.5 Å². The average molecular weight is 363 g/mol. The van der Waals surface area contributed by atoms with Crippen LogP contribution in [-0.4, -0.2) is 26.1 Å². The Hall–Kier alpha value is -2.38. The number of carbonyl (C=O) groups is 1. The van der Waals surface area contributed by atoms with Gasteiger partial charge in [0.05, 0.1) is 11.5 Å². The van der Waals surface area contributed by atoms with Crippen molar-refractivity contribution in [2.45, 2.75) is 24.8 Å². The number of hydrogen-bond acceptors (Lipinski definition) is 4. The van der Waals surface area contributed by atoms with Crippen LogP contribution in [0.1, 0.15) is 25.5 Å². The van der Waals surface area contributed by atoms with Gasteiger partial charge in [-0.1, -0.05) is 44.2 Å². The van der Waals surface area contributed by atoms with Crippen molar-refractivity contribution in [3.05, 3.63) is 60.2 Å². The summed E-state index contributed by atoms with van der Waals surface area (Å²) in [5.74, 6) is -0.357. The highest BCUT2D eigenvalue weighted by molar-refractivity contribution is 7.89. The van der Waals surface area contributed by atoms with E-state index in [9.17, 15) is 18.3 Å². The monoisotopic (exact) mass is 363 g/mol. The molecule has 2 N–H and O–H groups in total. The maximum atomic E-state index is 12.5. The Balaban J connectivity index is 2.18. The minimum Gasteiger partial charge on any atom is -0.493 e. The first-order valence-corrected chi connectivity index (χ1v) is 9.31. The zero-order valence-electron chi connectivity index (χ0n) is 14.0. The third kappa shape index (κ3) is 5.30. The Bertz CT molecular complexity index is 801. The van der Waals surface area contributed by atoms with E-state index in [0.29, 0.717) is 23.8 Å². The van der Waals surface area contributed by atoms with Crippen LogP contribution in [0.3, 0.4) is 0 Å². The van der Waals surface area contributed by atoms with Crippen molar-refractivity contribution in [1.82, 2.24) is 4.72 Å². The summed E-state index contributed by atoms with van der Waals surface area (Å²) in [4.78, 5) is 11.4. The second-order valence-corrected chi connectivity index (χ2v) is 7.69. The lowest BCUT2D eigenvalue weighted by Crippen LogP contribution is -2.33. The van der Waals surface area contributed by atoms with Crippen LogP contribution in [0.25, 0.3) is 0 Å². The molecule has 0 spiro atoms. The molecule has 1 atom stereocenters. The third-order valence-electron chi connectivity index (χ3n) is 3.37. The largest absolute Gasteiger partial charge is 0.493 e. The predicted octanol–water partition coefficient (Wildman–Crippen LogP) is 2.83. The Labute approximate surface area is 147 Å². The minimum atomic E-state index is -3.99. The maximum absolute atomic E-state index is 12.5. The highest BCUT2D eigenvalue weighted by Crippen LogP contribution is 2.20. The molecule has 0 radical (unpaired) electrons. The van der Waals surface area contributed by atoms with E-state index in [2.05, 4.69) is 4.72 Å². The van der Waals surface area contributed by atoms with Crippen LogP contribution in [0.4, 0.5) is 0 Å². The van der Waals surface area contributed by atoms with E-state index in [1.807, 2.05) is 13.8 Å². The van der Waals surface area contributed by atoms with E-state index in [-0.39, 0.29) is 4.90 Å². The molecular formula is C18H21NO5S. The molecule has 0 unspecified atom stereocenters. The first-order valence-electron chi connectivity index (χ1n) is 7.82. The molecule has 25 heavy (non-hydrogen) atoms. The Morgan fingerprint density at radius 3 is 2.20 bits per heavy atom. The lowest BCUT2D eigenvalue weighted by Gasteiger charge is -2.15. The molecule has 0 aliphatic heterocycles. The topological polar surface area (TPSA) is 92.7 Å². The van der Waals surface area contributed by atoms with Crippen LogP contribution >= 0.6 is 0 Å². The van der Waals surface area contributed by atoms with Gasteiger partial charge in [0.1, 0.15) is 11.8 Å². The average Bonchev–Trinajstić information content (AvgIpc) is 2.59. The van der Waals surface area contributed by atoms with Crippen molar-refractivity contribution in [3.8, 4) is 5.75 Å². The van der Waals surface area contributed by atoms with Crippen molar-refractivity contribution in [1.29, 1.82) is 0 Å². The molecule has 0 aromatic heterocycles. The van der Waals surface area contributed by atoms with Gasteiger partial charge in [0.25, 0.3) is 0 Å². The van der Waals surface area contributed by atoms with Gasteiger partial charge in [0.15, 0.2) is 0 Å². The van der Waals surface area contributed by atoms with Crippen molar-refractivity contribution >= 4 is 16.0 Å². The molecule has 6 nitrogen and oxygen atoms in total. The molecule has 0 amide bonds. The number of benzene rings is 2. The second kappa shape index (κ2) is 8.13. The number of carboxylic acids is 1. The fraction of sp³-hybridized carbons (Fsp3) is 0.278. The molecule has 0 saturated heterocycles. The van der Waals surface area contributed by atoms with Gasteiger partial charge in [0, 0.05) is 0 Å². The van der Waals surface area contributed by atoms with Crippen LogP contribution in [0.15, 0.2) is 59.5 Å². The molecule has 0 heterocycles. The van der Waals surface area contributed by atoms with Crippen LogP contribution in [0, 0.1) is 5.92 Å². The molecule has 0 saturated carbocycles. The quantitative estimate of drug-likeness (QED) is 0.752. The Morgan fingerprint density at radius 1 is 1.08 bits per heavy atom. The third-order valence-corrected chi connectivity index (χ3v) is 4.81. The Kier molecular flexibility index (Phi) is 6.17. The molecule has 2 rings (SSSR count). The summed E-state index contributed by atoms with van der Waals surface area (Å²) in [6.45, 7) is 4.55. The highest BCUT2D eigenvalue weighted by atomic mass is 32.2. The smallest absolute Gasteiger partial charge is 0.326 e. The first kappa shape index (κ1) is 19.0. The van der Waals surface area contributed by atoms with Crippen LogP contribution in [0.2, 0.25) is 0 Å². The molecule has 0 aliphatic carbocycles. The lowest BCUT2D eigenvalue weighted by molar-refractivity contribution is -0.139. The summed E-state index contributed by atoms with van der Waals surface area (Å²) in [7, 11) is -3.99. The molecule has 0 fully saturated rings. The SMILES string of the molecule is CC(C)COc1ccc(S(=O)(=O)N[C@@H](C(=O)O)c2ccccc2)cc1. The van der Waals surface area contributed by atoms with Gasteiger partial charge in [-0.2, -0.15) is 4.72 Å². The fourth-order valence-electron chi connectivity index (χ4n) is 2.11. The lowest BCUT2D eigenvalue weighted by atomic mass is 10.1. The van der Waals surface area contributed by atoms with Crippen molar-refractivity contribution in [2.24, 2.45) is 5.92 Å². The number of rotatable bonds is 8. The fourth-order valence-corrected chi connectivity index (χ4v) is 3.29. The number of carboxylic acid groups (broad SMARTS) is 1. The van der Waals surface area contributed by atoms with Crippen molar-refractivity contribution in [3.63, 3.8) is 0 Å². The van der Waals surface area contributed by atoms with E-state index < -0.39 is 22.0 Å². The number of aliphatic carboxylic acids is 1. The van der Waals surface area contributed by atoms with E-state index >= 15 is 0 Å². The molecule has 2 aromatic carbocycles. The van der Waals surface area contributed by atoms with Crippen molar-refractivity contribution in [2.75, 3.05) is 6.61 Å². The van der Waals surface area contributed by atoms with Gasteiger partial charge in [-0.3, -0.25) is 4.79 Å². The molecule has 0 bridgehead atoms. The van der Waals surface area contributed by atoms with Gasteiger partial charge < -0.3 is 9.84 Å². The predicted molar refractivity (Wildman–Crippen MR) is 93.9 cm³/mol. The van der Waals surface area contributed by atoms with Gasteiger partial charge in [-0.25, -0.2) is 8.42 Å². The molecular weight excluding hydrogens is 342 g/mol. The molecule has 2 aromatic rings. The maximum Gasteiger partial charge on any atom is 0.326 e. The zero-order chi connectivity index (χ0) is 18.4. The van der Waals surface area contributed by atoms with E-state index in [1.165, 1.54) is 12.1 Å². The summed E-state index contributed by atoms with van der Waals surface area (Å²) >= 11 is 0. The summed E-state index contributed by atoms with van der Waals surface area (Å²) < 4.78 is 32.7. The number of ether oxygens (including phenoxy) is 1. The van der Waals surface area contributed by atoms with E-state index in [4.69, 9.17) is 4.74 Å². The van der Waals surface area contributed by atoms with Gasteiger partial charge >= 0.3 is 5.97 Å². The summed E-state index contributed by atoms with van der Waals surface area (Å²) in [6, 6.07) is 12.7. The minimum absolute atomic E-state index is 0.0217. The number of sulfonamides is 1. The molecule has 0 aliphatic rings. The zero-order valence-corrected chi connectivity index (χ0v) is 14.9. The second-order valence-electron chi connectivity index (χ2n) is 5.98. The molecule has 7 heteroatoms. The first-order chi connectivity index (χ1) is 11.8. The van der Waals surface area contributed by atoms with E-state index in [0.717, 1.165) is 0 Å². The highest BCUT2D eigenvalue weighted by Gasteiger charge is 2.26. The van der Waals surface area contributed by atoms with Crippen LogP contribution in [0.5, 0.6) is 5.75 Å². The number of nitrogens with one attached hydrogen (secondary N) is 1. The summed E-state index contributed by atoms with van der Waals surface area (Å²) in [5.41, 5.74) is 0.357. The molecule has 134 valence electrons. The summed E-state index contributed by atoms with van der Waals surface area (Å²) in [5, 5.41) is 9.36. The van der Waals surface area contributed by atoms with Gasteiger partial charge in [0.2, 0.25) is 10.0 Å². The van der Waals surface area contributed by atoms with Crippen LogP contribution in [-0.2, 0) is 14.8 Å². The van der Waals surface area contributed by atoms with Crippen LogP contribution < -0.4 is 9.46 Å².